The van der Waals surface area contributed by atoms with Crippen LogP contribution in [0, 0.1) is 6.92 Å². The van der Waals surface area contributed by atoms with Gasteiger partial charge in [0.2, 0.25) is 0 Å². The SMILES string of the molecule is COC(=O)c1cc(C[NH+]2CCN(c3cccc[nH+]3)CC2)oc1C. The topological polar surface area (TPSA) is 61.3 Å². The molecule has 1 fully saturated rings. The van der Waals surface area contributed by atoms with Gasteiger partial charge in [-0.25, -0.2) is 9.78 Å². The highest BCUT2D eigenvalue weighted by molar-refractivity contribution is 5.90. The number of quaternary nitrogens is 1. The number of hydrogen-bond donors (Lipinski definition) is 1. The van der Waals surface area contributed by atoms with E-state index in [1.165, 1.54) is 12.0 Å². The number of aromatic nitrogens is 1. The minimum atomic E-state index is -0.336. The Labute approximate surface area is 135 Å². The van der Waals surface area contributed by atoms with Crippen LogP contribution in [0.1, 0.15) is 21.9 Å². The number of carbonyl (C=O) groups excluding carboxylic acids is 1. The van der Waals surface area contributed by atoms with Crippen LogP contribution in [-0.2, 0) is 11.3 Å². The summed E-state index contributed by atoms with van der Waals surface area (Å²) in [5.41, 5.74) is 0.527. The molecule has 0 aromatic carbocycles. The molecule has 1 aliphatic rings. The van der Waals surface area contributed by atoms with Gasteiger partial charge in [0, 0.05) is 12.1 Å². The molecular weight excluding hydrogens is 294 g/mol. The van der Waals surface area contributed by atoms with E-state index in [1.807, 2.05) is 24.4 Å². The van der Waals surface area contributed by atoms with Gasteiger partial charge in [-0.2, -0.15) is 0 Å². The van der Waals surface area contributed by atoms with Crippen molar-refractivity contribution < 1.29 is 23.8 Å². The van der Waals surface area contributed by atoms with Crippen LogP contribution in [-0.4, -0.2) is 39.3 Å². The third-order valence-electron chi connectivity index (χ3n) is 4.30. The molecule has 2 aromatic heterocycles. The summed E-state index contributed by atoms with van der Waals surface area (Å²) in [4.78, 5) is 18.7. The Kier molecular flexibility index (Phi) is 4.62. The number of nitrogens with zero attached hydrogens (tertiary/aromatic N) is 1. The van der Waals surface area contributed by atoms with Crippen LogP contribution in [0.2, 0.25) is 0 Å². The molecular formula is C17H23N3O3+2. The largest absolute Gasteiger partial charge is 0.465 e. The summed E-state index contributed by atoms with van der Waals surface area (Å²) in [6.07, 6.45) is 1.95. The van der Waals surface area contributed by atoms with Gasteiger partial charge < -0.3 is 14.1 Å². The predicted molar refractivity (Wildman–Crippen MR) is 84.4 cm³/mol. The Morgan fingerprint density at radius 1 is 1.39 bits per heavy atom. The van der Waals surface area contributed by atoms with Gasteiger partial charge in [-0.1, -0.05) is 6.07 Å². The average Bonchev–Trinajstić information content (AvgIpc) is 2.96. The van der Waals surface area contributed by atoms with Crippen molar-refractivity contribution in [3.8, 4) is 0 Å². The van der Waals surface area contributed by atoms with Gasteiger partial charge in [-0.05, 0) is 13.0 Å². The maximum Gasteiger partial charge on any atom is 0.341 e. The summed E-state index contributed by atoms with van der Waals surface area (Å²) in [7, 11) is 1.39. The van der Waals surface area contributed by atoms with E-state index in [-0.39, 0.29) is 5.97 Å². The standard InChI is InChI=1S/C17H21N3O3/c1-13-15(17(21)22-2)11-14(23-13)12-19-7-9-20(10-8-19)16-5-3-4-6-18-16/h3-6,11H,7-10,12H2,1-2H3/p+2. The van der Waals surface area contributed by atoms with Crippen molar-refractivity contribution in [1.82, 2.24) is 0 Å². The monoisotopic (exact) mass is 317 g/mol. The van der Waals surface area contributed by atoms with E-state index in [1.54, 1.807) is 6.92 Å². The zero-order valence-corrected chi connectivity index (χ0v) is 13.6. The second kappa shape index (κ2) is 6.83. The zero-order valence-electron chi connectivity index (χ0n) is 13.6. The van der Waals surface area contributed by atoms with E-state index >= 15 is 0 Å². The number of methoxy groups -OCH3 is 1. The molecule has 0 bridgehead atoms. The first-order chi connectivity index (χ1) is 11.2. The first-order valence-corrected chi connectivity index (χ1v) is 7.90. The Hall–Kier alpha value is -2.34. The van der Waals surface area contributed by atoms with Crippen LogP contribution >= 0.6 is 0 Å². The van der Waals surface area contributed by atoms with E-state index < -0.39 is 0 Å². The van der Waals surface area contributed by atoms with E-state index in [4.69, 9.17) is 9.15 Å². The first kappa shape index (κ1) is 15.6. The highest BCUT2D eigenvalue weighted by Crippen LogP contribution is 2.15. The van der Waals surface area contributed by atoms with Gasteiger partial charge in [-0.3, -0.25) is 4.90 Å². The lowest BCUT2D eigenvalue weighted by molar-refractivity contribution is -0.915. The molecule has 1 saturated heterocycles. The van der Waals surface area contributed by atoms with Crippen molar-refractivity contribution in [3.63, 3.8) is 0 Å². The van der Waals surface area contributed by atoms with Crippen molar-refractivity contribution in [2.75, 3.05) is 38.2 Å². The Balaban J connectivity index is 1.58. The van der Waals surface area contributed by atoms with E-state index in [9.17, 15) is 4.79 Å². The van der Waals surface area contributed by atoms with E-state index in [0.29, 0.717) is 11.3 Å². The molecule has 6 heteroatoms. The number of hydrogen-bond acceptors (Lipinski definition) is 4. The number of aromatic amines is 1. The number of anilines is 1. The molecule has 6 nitrogen and oxygen atoms in total. The fourth-order valence-corrected chi connectivity index (χ4v) is 3.01. The molecule has 0 atom stereocenters. The summed E-state index contributed by atoms with van der Waals surface area (Å²) >= 11 is 0. The molecule has 0 amide bonds. The highest BCUT2D eigenvalue weighted by atomic mass is 16.5. The summed E-state index contributed by atoms with van der Waals surface area (Å²) in [6, 6.07) is 7.95. The molecule has 2 N–H and O–H groups in total. The van der Waals surface area contributed by atoms with Crippen LogP contribution in [0.4, 0.5) is 5.82 Å². The minimum Gasteiger partial charge on any atom is -0.465 e. The van der Waals surface area contributed by atoms with Crippen molar-refractivity contribution in [1.29, 1.82) is 0 Å². The van der Waals surface area contributed by atoms with Crippen LogP contribution in [0.15, 0.2) is 34.9 Å². The summed E-state index contributed by atoms with van der Waals surface area (Å²) in [5.74, 6) is 2.30. The number of furan rings is 1. The van der Waals surface area contributed by atoms with Crippen LogP contribution in [0.5, 0.6) is 0 Å². The quantitative estimate of drug-likeness (QED) is 0.812. The summed E-state index contributed by atoms with van der Waals surface area (Å²) < 4.78 is 10.5. The average molecular weight is 317 g/mol. The number of ether oxygens (including phenoxy) is 1. The summed E-state index contributed by atoms with van der Waals surface area (Å²) in [5, 5.41) is 0. The van der Waals surface area contributed by atoms with Crippen LogP contribution in [0.3, 0.4) is 0 Å². The summed E-state index contributed by atoms with van der Waals surface area (Å²) in [6.45, 7) is 6.67. The number of pyridine rings is 1. The fraction of sp³-hybridized carbons (Fsp3) is 0.412. The van der Waals surface area contributed by atoms with Gasteiger partial charge in [0.15, 0.2) is 5.76 Å². The van der Waals surface area contributed by atoms with Crippen molar-refractivity contribution >= 4 is 11.8 Å². The van der Waals surface area contributed by atoms with Gasteiger partial charge in [0.25, 0.3) is 5.82 Å². The maximum atomic E-state index is 11.6. The second-order valence-corrected chi connectivity index (χ2v) is 5.84. The highest BCUT2D eigenvalue weighted by Gasteiger charge is 2.27. The Morgan fingerprint density at radius 3 is 2.83 bits per heavy atom. The number of nitrogens with one attached hydrogen (secondary N) is 2. The lowest BCUT2D eigenvalue weighted by Gasteiger charge is -2.27. The second-order valence-electron chi connectivity index (χ2n) is 5.84. The maximum absolute atomic E-state index is 11.6. The van der Waals surface area contributed by atoms with Crippen molar-refractivity contribution in [2.45, 2.75) is 13.5 Å². The number of rotatable bonds is 4. The fourth-order valence-electron chi connectivity index (χ4n) is 3.01. The Morgan fingerprint density at radius 2 is 2.17 bits per heavy atom. The molecule has 23 heavy (non-hydrogen) atoms. The minimum absolute atomic E-state index is 0.336. The van der Waals surface area contributed by atoms with E-state index in [2.05, 4.69) is 16.0 Å². The molecule has 0 radical (unpaired) electrons. The molecule has 3 heterocycles. The zero-order chi connectivity index (χ0) is 16.2. The predicted octanol–water partition coefficient (Wildman–Crippen LogP) is 0.0938. The molecule has 2 aromatic rings. The van der Waals surface area contributed by atoms with Crippen LogP contribution < -0.4 is 14.8 Å². The number of H-pyrrole nitrogens is 1. The molecule has 1 aliphatic heterocycles. The lowest BCUT2D eigenvalue weighted by Crippen LogP contribution is -3.13. The van der Waals surface area contributed by atoms with Crippen molar-refractivity contribution in [3.05, 3.63) is 47.5 Å². The van der Waals surface area contributed by atoms with Crippen molar-refractivity contribution in [2.24, 2.45) is 0 Å². The molecule has 0 unspecified atom stereocenters. The lowest BCUT2D eigenvalue weighted by atomic mass is 10.2. The molecule has 0 spiro atoms. The molecule has 3 rings (SSSR count). The van der Waals surface area contributed by atoms with Gasteiger partial charge in [-0.15, -0.1) is 0 Å². The third kappa shape index (κ3) is 3.53. The molecule has 122 valence electrons. The molecule has 0 saturated carbocycles. The smallest absolute Gasteiger partial charge is 0.341 e. The normalized spacial score (nSPS) is 15.7. The molecule has 0 aliphatic carbocycles. The number of piperazine rings is 1. The number of esters is 1. The van der Waals surface area contributed by atoms with E-state index in [0.717, 1.165) is 44.3 Å². The number of carbonyl (C=O) groups is 1. The Bertz CT molecular complexity index is 661. The van der Waals surface area contributed by atoms with Gasteiger partial charge >= 0.3 is 5.97 Å². The van der Waals surface area contributed by atoms with Gasteiger partial charge in [0.1, 0.15) is 44.0 Å². The van der Waals surface area contributed by atoms with Crippen LogP contribution in [0.25, 0.3) is 0 Å². The first-order valence-electron chi connectivity index (χ1n) is 7.90. The van der Waals surface area contributed by atoms with Gasteiger partial charge in [0.05, 0.1) is 13.3 Å². The third-order valence-corrected chi connectivity index (χ3v) is 4.30. The number of aryl methyl sites for hydroxylation is 1.